The minimum Gasteiger partial charge on any atom is -0.359 e. The number of carbonyl (C=O) groups is 3. The Balaban J connectivity index is 1.35. The van der Waals surface area contributed by atoms with Crippen molar-refractivity contribution in [3.63, 3.8) is 0 Å². The number of nitrogens with one attached hydrogen (secondary N) is 1. The summed E-state index contributed by atoms with van der Waals surface area (Å²) in [5.41, 5.74) is 3.17. The average molecular weight is 455 g/mol. The first-order valence-corrected chi connectivity index (χ1v) is 10.8. The number of amides is 2. The molecule has 0 unspecified atom stereocenters. The minimum absolute atomic E-state index is 0.185. The molecule has 0 saturated carbocycles. The molecule has 0 aromatic carbocycles. The number of piperazine rings is 1. The normalized spacial score (nSPS) is 13.8. The maximum atomic E-state index is 13.2. The van der Waals surface area contributed by atoms with Crippen molar-refractivity contribution in [2.75, 3.05) is 26.2 Å². The third-order valence-corrected chi connectivity index (χ3v) is 5.88. The van der Waals surface area contributed by atoms with Crippen molar-refractivity contribution in [3.05, 3.63) is 72.2 Å². The van der Waals surface area contributed by atoms with E-state index in [1.807, 2.05) is 6.92 Å². The van der Waals surface area contributed by atoms with Gasteiger partial charge in [-0.1, -0.05) is 6.07 Å². The first kappa shape index (κ1) is 21.4. The molecule has 5 rings (SSSR count). The molecule has 0 spiro atoms. The van der Waals surface area contributed by atoms with Gasteiger partial charge < -0.3 is 14.8 Å². The van der Waals surface area contributed by atoms with Crippen LogP contribution >= 0.6 is 0 Å². The van der Waals surface area contributed by atoms with Gasteiger partial charge in [-0.25, -0.2) is 0 Å². The van der Waals surface area contributed by atoms with Crippen LogP contribution in [-0.2, 0) is 4.79 Å². The highest BCUT2D eigenvalue weighted by atomic mass is 16.2. The predicted octanol–water partition coefficient (Wildman–Crippen LogP) is 1.89. The highest BCUT2D eigenvalue weighted by Gasteiger charge is 2.31. The number of aromatic amines is 1. The Morgan fingerprint density at radius 2 is 1.71 bits per heavy atom. The van der Waals surface area contributed by atoms with Crippen LogP contribution < -0.4 is 0 Å². The molecule has 4 aromatic rings. The number of fused-ring (bicyclic) bond motifs is 1. The molecule has 34 heavy (non-hydrogen) atoms. The molecule has 1 aliphatic rings. The summed E-state index contributed by atoms with van der Waals surface area (Å²) in [7, 11) is 0. The number of rotatable bonds is 4. The third-order valence-electron chi connectivity index (χ3n) is 5.88. The zero-order valence-electron chi connectivity index (χ0n) is 18.4. The van der Waals surface area contributed by atoms with Gasteiger partial charge in [-0.3, -0.25) is 34.3 Å². The SMILES string of the molecule is Cc1cnc(-c2cnccn2)c2[nH]cc(C(=O)C(=O)N3CCN(C(=O)c4ccccn4)CC3)c12. The lowest BCUT2D eigenvalue weighted by Crippen LogP contribution is -2.52. The smallest absolute Gasteiger partial charge is 0.295 e. The molecule has 0 radical (unpaired) electrons. The number of hydrogen-bond acceptors (Lipinski definition) is 7. The number of aryl methyl sites for hydroxylation is 1. The summed E-state index contributed by atoms with van der Waals surface area (Å²) in [5, 5.41) is 0.637. The Morgan fingerprint density at radius 3 is 2.41 bits per heavy atom. The molecule has 0 atom stereocenters. The molecule has 0 bridgehead atoms. The Kier molecular flexibility index (Phi) is 5.54. The average Bonchev–Trinajstić information content (AvgIpc) is 3.35. The van der Waals surface area contributed by atoms with Gasteiger partial charge >= 0.3 is 0 Å². The number of aromatic nitrogens is 5. The van der Waals surface area contributed by atoms with E-state index in [0.717, 1.165) is 5.56 Å². The zero-order valence-corrected chi connectivity index (χ0v) is 18.4. The lowest BCUT2D eigenvalue weighted by atomic mass is 10.0. The van der Waals surface area contributed by atoms with E-state index >= 15 is 0 Å². The second kappa shape index (κ2) is 8.81. The van der Waals surface area contributed by atoms with E-state index in [1.54, 1.807) is 60.3 Å². The number of carbonyl (C=O) groups excluding carboxylic acids is 3. The Bertz CT molecular complexity index is 1380. The van der Waals surface area contributed by atoms with Gasteiger partial charge in [0.2, 0.25) is 0 Å². The summed E-state index contributed by atoms with van der Waals surface area (Å²) in [6, 6.07) is 5.16. The van der Waals surface area contributed by atoms with Gasteiger partial charge in [-0.2, -0.15) is 0 Å². The van der Waals surface area contributed by atoms with Crippen LogP contribution in [0.25, 0.3) is 22.3 Å². The molecule has 10 heteroatoms. The first-order chi connectivity index (χ1) is 16.5. The van der Waals surface area contributed by atoms with Crippen LogP contribution in [0.3, 0.4) is 0 Å². The number of nitrogens with zero attached hydrogens (tertiary/aromatic N) is 6. The molecular weight excluding hydrogens is 434 g/mol. The summed E-state index contributed by atoms with van der Waals surface area (Å²) in [6.07, 6.45) is 9.50. The van der Waals surface area contributed by atoms with Crippen LogP contribution in [0.15, 0.2) is 55.4 Å². The van der Waals surface area contributed by atoms with E-state index in [0.29, 0.717) is 41.1 Å². The second-order valence-corrected chi connectivity index (χ2v) is 7.96. The molecule has 5 heterocycles. The monoisotopic (exact) mass is 455 g/mol. The molecule has 1 saturated heterocycles. The minimum atomic E-state index is -0.602. The van der Waals surface area contributed by atoms with Gasteiger partial charge in [0.05, 0.1) is 17.3 Å². The van der Waals surface area contributed by atoms with Crippen molar-refractivity contribution in [2.24, 2.45) is 0 Å². The number of H-pyrrole nitrogens is 1. The van der Waals surface area contributed by atoms with Crippen molar-refractivity contribution >= 4 is 28.5 Å². The van der Waals surface area contributed by atoms with Crippen LogP contribution in [0.5, 0.6) is 0 Å². The molecular formula is C24H21N7O3. The fourth-order valence-corrected chi connectivity index (χ4v) is 4.13. The standard InChI is InChI=1S/C24H21N7O3/c1-15-12-28-20(18-14-25-6-7-27-18)21-19(15)16(13-29-21)22(32)24(34)31-10-8-30(9-11-31)23(33)17-4-2-3-5-26-17/h2-7,12-14,29H,8-11H2,1H3. The van der Waals surface area contributed by atoms with Crippen LogP contribution in [0.4, 0.5) is 0 Å². The molecule has 2 amide bonds. The van der Waals surface area contributed by atoms with Gasteiger partial charge in [0.25, 0.3) is 17.6 Å². The second-order valence-electron chi connectivity index (χ2n) is 7.96. The predicted molar refractivity (Wildman–Crippen MR) is 123 cm³/mol. The quantitative estimate of drug-likeness (QED) is 0.368. The van der Waals surface area contributed by atoms with Gasteiger partial charge in [0.15, 0.2) is 0 Å². The highest BCUT2D eigenvalue weighted by molar-refractivity contribution is 6.45. The maximum Gasteiger partial charge on any atom is 0.295 e. The van der Waals surface area contributed by atoms with Gasteiger partial charge in [0, 0.05) is 62.5 Å². The fourth-order valence-electron chi connectivity index (χ4n) is 4.13. The van der Waals surface area contributed by atoms with Crippen molar-refractivity contribution < 1.29 is 14.4 Å². The lowest BCUT2D eigenvalue weighted by molar-refractivity contribution is -0.127. The number of Topliss-reactive ketones (excluding diaryl/α,β-unsaturated/α-hetero) is 1. The van der Waals surface area contributed by atoms with Crippen molar-refractivity contribution in [1.82, 2.24) is 34.7 Å². The molecule has 0 aliphatic carbocycles. The lowest BCUT2D eigenvalue weighted by Gasteiger charge is -2.34. The van der Waals surface area contributed by atoms with Crippen molar-refractivity contribution in [3.8, 4) is 11.4 Å². The number of ketones is 1. The van der Waals surface area contributed by atoms with E-state index in [2.05, 4.69) is 24.9 Å². The van der Waals surface area contributed by atoms with E-state index < -0.39 is 11.7 Å². The number of pyridine rings is 2. The Hall–Kier alpha value is -4.47. The highest BCUT2D eigenvalue weighted by Crippen LogP contribution is 2.29. The van der Waals surface area contributed by atoms with E-state index in [-0.39, 0.29) is 24.6 Å². The zero-order chi connectivity index (χ0) is 23.7. The summed E-state index contributed by atoms with van der Waals surface area (Å²) in [6.45, 7) is 3.06. The van der Waals surface area contributed by atoms with Crippen LogP contribution in [0.2, 0.25) is 0 Å². The first-order valence-electron chi connectivity index (χ1n) is 10.8. The van der Waals surface area contributed by atoms with Crippen molar-refractivity contribution in [2.45, 2.75) is 6.92 Å². The van der Waals surface area contributed by atoms with Gasteiger partial charge in [-0.05, 0) is 24.6 Å². The fraction of sp³-hybridized carbons (Fsp3) is 0.208. The largest absolute Gasteiger partial charge is 0.359 e. The van der Waals surface area contributed by atoms with E-state index in [4.69, 9.17) is 0 Å². The summed E-state index contributed by atoms with van der Waals surface area (Å²) in [4.78, 5) is 62.0. The molecule has 1 aliphatic heterocycles. The molecule has 170 valence electrons. The van der Waals surface area contributed by atoms with E-state index in [9.17, 15) is 14.4 Å². The van der Waals surface area contributed by atoms with Crippen molar-refractivity contribution in [1.29, 1.82) is 0 Å². The Labute approximate surface area is 194 Å². The van der Waals surface area contributed by atoms with Crippen LogP contribution in [0.1, 0.15) is 26.4 Å². The van der Waals surface area contributed by atoms with Gasteiger partial charge in [-0.15, -0.1) is 0 Å². The molecule has 1 N–H and O–H groups in total. The van der Waals surface area contributed by atoms with Gasteiger partial charge in [0.1, 0.15) is 17.1 Å². The summed E-state index contributed by atoms with van der Waals surface area (Å²) < 4.78 is 0. The summed E-state index contributed by atoms with van der Waals surface area (Å²) in [5.74, 6) is -1.38. The number of hydrogen-bond donors (Lipinski definition) is 1. The van der Waals surface area contributed by atoms with Crippen LogP contribution in [0, 0.1) is 6.92 Å². The molecule has 10 nitrogen and oxygen atoms in total. The summed E-state index contributed by atoms with van der Waals surface area (Å²) >= 11 is 0. The van der Waals surface area contributed by atoms with E-state index in [1.165, 1.54) is 4.90 Å². The molecule has 1 fully saturated rings. The molecule has 4 aromatic heterocycles. The third kappa shape index (κ3) is 3.79. The van der Waals surface area contributed by atoms with Crippen LogP contribution in [-0.4, -0.2) is 78.5 Å². The maximum absolute atomic E-state index is 13.2. The Morgan fingerprint density at radius 1 is 0.912 bits per heavy atom. The topological polar surface area (TPSA) is 125 Å².